The van der Waals surface area contributed by atoms with Crippen LogP contribution in [0.5, 0.6) is 5.75 Å². The molecule has 0 bridgehead atoms. The van der Waals surface area contributed by atoms with Gasteiger partial charge in [0.15, 0.2) is 0 Å². The Morgan fingerprint density at radius 1 is 1.21 bits per heavy atom. The van der Waals surface area contributed by atoms with Crippen LogP contribution in [0.15, 0.2) is 53.4 Å². The molecule has 3 rings (SSSR count). The van der Waals surface area contributed by atoms with Crippen molar-refractivity contribution in [2.24, 2.45) is 0 Å². The lowest BCUT2D eigenvalue weighted by Gasteiger charge is -2.05. The molecule has 0 aromatic heterocycles. The van der Waals surface area contributed by atoms with E-state index in [4.69, 9.17) is 17.0 Å². The second-order valence-corrected chi connectivity index (χ2v) is 6.90. The van der Waals surface area contributed by atoms with Crippen molar-refractivity contribution in [1.82, 2.24) is 5.32 Å². The molecule has 0 radical (unpaired) electrons. The third kappa shape index (κ3) is 3.90. The van der Waals surface area contributed by atoms with Crippen LogP contribution in [-0.4, -0.2) is 16.2 Å². The maximum absolute atomic E-state index is 12.1. The molecule has 1 amide bonds. The average Bonchev–Trinajstić information content (AvgIpc) is 2.87. The highest BCUT2D eigenvalue weighted by atomic mass is 32.2. The van der Waals surface area contributed by atoms with Crippen LogP contribution < -0.4 is 10.1 Å². The number of nitrogens with one attached hydrogen (secondary N) is 1. The number of hydrogen-bond donors (Lipinski definition) is 1. The minimum absolute atomic E-state index is 0.194. The molecule has 1 heterocycles. The van der Waals surface area contributed by atoms with E-state index in [1.54, 1.807) is 42.5 Å². The lowest BCUT2D eigenvalue weighted by Crippen LogP contribution is -2.17. The van der Waals surface area contributed by atoms with Crippen molar-refractivity contribution in [3.63, 3.8) is 0 Å². The maximum atomic E-state index is 12.1. The number of ether oxygens (including phenoxy) is 1. The average molecular weight is 355 g/mol. The third-order valence-corrected chi connectivity index (χ3v) is 4.45. The van der Waals surface area contributed by atoms with Crippen molar-refractivity contribution in [3.8, 4) is 5.75 Å². The minimum atomic E-state index is -0.402. The zero-order valence-corrected chi connectivity index (χ0v) is 14.4. The van der Waals surface area contributed by atoms with Crippen molar-refractivity contribution >= 4 is 46.3 Å². The van der Waals surface area contributed by atoms with Gasteiger partial charge in [-0.15, -0.1) is 0 Å². The first-order chi connectivity index (χ1) is 11.5. The van der Waals surface area contributed by atoms with Crippen LogP contribution in [0.3, 0.4) is 0 Å². The quantitative estimate of drug-likeness (QED) is 0.394. The Balaban J connectivity index is 1.71. The zero-order chi connectivity index (χ0) is 17.1. The van der Waals surface area contributed by atoms with E-state index in [1.807, 2.05) is 19.1 Å². The second-order valence-electron chi connectivity index (χ2n) is 5.18. The second kappa shape index (κ2) is 6.98. The van der Waals surface area contributed by atoms with Gasteiger partial charge < -0.3 is 10.1 Å². The Bertz CT molecular complexity index is 857. The van der Waals surface area contributed by atoms with Crippen molar-refractivity contribution in [3.05, 3.63) is 70.1 Å². The standard InChI is InChI=1S/C18H13NO3S2/c1-11-3-2-4-13(9-11)17(21)22-14-7-5-12(6-8-14)10-15-16(20)19-18(23)24-15/h2-10H,1H3,(H,19,20,23)/b15-10-. The van der Waals surface area contributed by atoms with E-state index in [1.165, 1.54) is 11.8 Å². The number of aryl methyl sites for hydroxylation is 1. The lowest BCUT2D eigenvalue weighted by molar-refractivity contribution is -0.115. The molecule has 4 nitrogen and oxygen atoms in total. The van der Waals surface area contributed by atoms with Gasteiger partial charge in [0.1, 0.15) is 10.1 Å². The largest absolute Gasteiger partial charge is 0.423 e. The molecule has 2 aromatic carbocycles. The Labute approximate surface area is 148 Å². The summed E-state index contributed by atoms with van der Waals surface area (Å²) >= 11 is 6.17. The molecule has 24 heavy (non-hydrogen) atoms. The Morgan fingerprint density at radius 2 is 1.96 bits per heavy atom. The molecule has 1 fully saturated rings. The van der Waals surface area contributed by atoms with Crippen LogP contribution in [0.25, 0.3) is 6.08 Å². The molecule has 2 aromatic rings. The number of hydrogen-bond acceptors (Lipinski definition) is 5. The van der Waals surface area contributed by atoms with Gasteiger partial charge >= 0.3 is 5.97 Å². The summed E-state index contributed by atoms with van der Waals surface area (Å²) in [5.41, 5.74) is 2.33. The lowest BCUT2D eigenvalue weighted by atomic mass is 10.1. The van der Waals surface area contributed by atoms with E-state index >= 15 is 0 Å². The zero-order valence-electron chi connectivity index (χ0n) is 12.7. The van der Waals surface area contributed by atoms with Gasteiger partial charge in [0, 0.05) is 0 Å². The fourth-order valence-electron chi connectivity index (χ4n) is 2.14. The van der Waals surface area contributed by atoms with E-state index in [0.717, 1.165) is 11.1 Å². The van der Waals surface area contributed by atoms with Crippen molar-refractivity contribution in [1.29, 1.82) is 0 Å². The molecule has 1 aliphatic rings. The van der Waals surface area contributed by atoms with Gasteiger partial charge in [-0.1, -0.05) is 53.8 Å². The molecule has 1 aliphatic heterocycles. The number of carbonyl (C=O) groups excluding carboxylic acids is 2. The van der Waals surface area contributed by atoms with Crippen molar-refractivity contribution < 1.29 is 14.3 Å². The molecule has 0 aliphatic carbocycles. The van der Waals surface area contributed by atoms with Crippen LogP contribution in [0.4, 0.5) is 0 Å². The van der Waals surface area contributed by atoms with Gasteiger partial charge in [-0.2, -0.15) is 0 Å². The van der Waals surface area contributed by atoms with Crippen LogP contribution in [0.1, 0.15) is 21.5 Å². The minimum Gasteiger partial charge on any atom is -0.423 e. The van der Waals surface area contributed by atoms with Crippen LogP contribution in [0.2, 0.25) is 0 Å². The van der Waals surface area contributed by atoms with E-state index in [9.17, 15) is 9.59 Å². The summed E-state index contributed by atoms with van der Waals surface area (Å²) < 4.78 is 5.81. The smallest absolute Gasteiger partial charge is 0.343 e. The predicted molar refractivity (Wildman–Crippen MR) is 98.9 cm³/mol. The summed E-state index contributed by atoms with van der Waals surface area (Å²) in [6.07, 6.45) is 1.74. The fraction of sp³-hybridized carbons (Fsp3) is 0.0556. The molecular weight excluding hydrogens is 342 g/mol. The van der Waals surface area contributed by atoms with E-state index in [2.05, 4.69) is 5.32 Å². The van der Waals surface area contributed by atoms with Gasteiger partial charge in [-0.3, -0.25) is 4.79 Å². The Morgan fingerprint density at radius 3 is 2.58 bits per heavy atom. The number of esters is 1. The first-order valence-corrected chi connectivity index (χ1v) is 8.37. The molecular formula is C18H13NO3S2. The van der Waals surface area contributed by atoms with Crippen molar-refractivity contribution in [2.75, 3.05) is 0 Å². The number of thioether (sulfide) groups is 1. The van der Waals surface area contributed by atoms with E-state index in [-0.39, 0.29) is 5.91 Å². The van der Waals surface area contributed by atoms with E-state index in [0.29, 0.717) is 20.5 Å². The highest BCUT2D eigenvalue weighted by molar-refractivity contribution is 8.26. The van der Waals surface area contributed by atoms with Gasteiger partial charge in [0.05, 0.1) is 10.5 Å². The number of carbonyl (C=O) groups is 2. The van der Waals surface area contributed by atoms with Gasteiger partial charge in [-0.05, 0) is 42.8 Å². The predicted octanol–water partition coefficient (Wildman–Crippen LogP) is 3.70. The number of rotatable bonds is 3. The third-order valence-electron chi connectivity index (χ3n) is 3.28. The number of benzene rings is 2. The van der Waals surface area contributed by atoms with Crippen LogP contribution in [-0.2, 0) is 4.79 Å². The summed E-state index contributed by atoms with van der Waals surface area (Å²) in [4.78, 5) is 24.3. The molecule has 0 atom stereocenters. The number of thiocarbonyl (C=S) groups is 1. The summed E-state index contributed by atoms with van der Waals surface area (Å²) in [5.74, 6) is -0.150. The van der Waals surface area contributed by atoms with Gasteiger partial charge in [0.25, 0.3) is 5.91 Å². The van der Waals surface area contributed by atoms with Crippen molar-refractivity contribution in [2.45, 2.75) is 6.92 Å². The summed E-state index contributed by atoms with van der Waals surface area (Å²) in [6.45, 7) is 1.92. The molecule has 1 N–H and O–H groups in total. The Hall–Kier alpha value is -2.44. The number of amides is 1. The SMILES string of the molecule is Cc1cccc(C(=O)Oc2ccc(/C=C3\SC(=S)NC3=O)cc2)c1. The molecule has 0 unspecified atom stereocenters. The monoisotopic (exact) mass is 355 g/mol. The fourth-order valence-corrected chi connectivity index (χ4v) is 3.19. The highest BCUT2D eigenvalue weighted by Gasteiger charge is 2.21. The molecule has 6 heteroatoms. The van der Waals surface area contributed by atoms with Gasteiger partial charge in [-0.25, -0.2) is 4.79 Å². The first-order valence-electron chi connectivity index (χ1n) is 7.15. The summed E-state index contributed by atoms with van der Waals surface area (Å²) in [6, 6.07) is 14.2. The maximum Gasteiger partial charge on any atom is 0.343 e. The first kappa shape index (κ1) is 16.4. The van der Waals surface area contributed by atoms with E-state index < -0.39 is 5.97 Å². The van der Waals surface area contributed by atoms with Gasteiger partial charge in [0.2, 0.25) is 0 Å². The molecule has 0 spiro atoms. The normalized spacial score (nSPS) is 15.5. The molecule has 0 saturated carbocycles. The van der Waals surface area contributed by atoms with Crippen LogP contribution >= 0.6 is 24.0 Å². The topological polar surface area (TPSA) is 55.4 Å². The Kier molecular flexibility index (Phi) is 4.78. The van der Waals surface area contributed by atoms with Crippen LogP contribution in [0, 0.1) is 6.92 Å². The molecule has 120 valence electrons. The summed E-state index contributed by atoms with van der Waals surface area (Å²) in [5, 5.41) is 2.57. The summed E-state index contributed by atoms with van der Waals surface area (Å²) in [7, 11) is 0. The highest BCUT2D eigenvalue weighted by Crippen LogP contribution is 2.26. The molecule has 1 saturated heterocycles.